The molecule has 1 unspecified atom stereocenters. The highest BCUT2D eigenvalue weighted by Crippen LogP contribution is 2.22. The Hall–Kier alpha value is -1.36. The Morgan fingerprint density at radius 2 is 2.33 bits per heavy atom. The zero-order valence-corrected chi connectivity index (χ0v) is 11.2. The summed E-state index contributed by atoms with van der Waals surface area (Å²) >= 11 is 0. The summed E-state index contributed by atoms with van der Waals surface area (Å²) in [5.41, 5.74) is 6.72. The summed E-state index contributed by atoms with van der Waals surface area (Å²) in [4.78, 5) is 10.6. The predicted molar refractivity (Wildman–Crippen MR) is 71.6 cm³/mol. The summed E-state index contributed by atoms with van der Waals surface area (Å²) in [5.74, 6) is 1.17. The molecule has 18 heavy (non-hydrogen) atoms. The summed E-state index contributed by atoms with van der Waals surface area (Å²) in [6.45, 7) is 3.93. The molecule has 1 saturated heterocycles. The maximum Gasteiger partial charge on any atom is 0.221 e. The van der Waals surface area contributed by atoms with E-state index in [1.54, 1.807) is 0 Å². The molecule has 1 aromatic heterocycles. The number of likely N-dealkylation sites (tertiary alicyclic amines) is 1. The average Bonchev–Trinajstić information content (AvgIpc) is 2.75. The van der Waals surface area contributed by atoms with Crippen molar-refractivity contribution >= 4 is 5.82 Å². The van der Waals surface area contributed by atoms with Crippen LogP contribution in [0.25, 0.3) is 0 Å². The fraction of sp³-hybridized carbons (Fsp3) is 0.692. The molecule has 1 aliphatic rings. The Bertz CT molecular complexity index is 397. The largest absolute Gasteiger partial charge is 0.477 e. The zero-order chi connectivity index (χ0) is 13.0. The maximum absolute atomic E-state index is 5.81. The molecule has 2 rings (SSSR count). The highest BCUT2D eigenvalue weighted by atomic mass is 16.5. The SMILES string of the molecule is CCc1c(N)ncnc1OCCC1CCCN1C. The first-order valence-electron chi connectivity index (χ1n) is 6.64. The van der Waals surface area contributed by atoms with Gasteiger partial charge < -0.3 is 15.4 Å². The normalized spacial score (nSPS) is 20.2. The number of nitrogen functional groups attached to an aromatic ring is 1. The number of nitrogens with two attached hydrogens (primary N) is 1. The highest BCUT2D eigenvalue weighted by Gasteiger charge is 2.20. The van der Waals surface area contributed by atoms with E-state index in [-0.39, 0.29) is 0 Å². The second-order valence-corrected chi connectivity index (χ2v) is 4.81. The lowest BCUT2D eigenvalue weighted by atomic mass is 10.1. The lowest BCUT2D eigenvalue weighted by Gasteiger charge is -2.19. The minimum absolute atomic E-state index is 0.528. The molecule has 5 heteroatoms. The van der Waals surface area contributed by atoms with Crippen molar-refractivity contribution in [2.45, 2.75) is 38.6 Å². The predicted octanol–water partition coefficient (Wildman–Crippen LogP) is 1.48. The Morgan fingerprint density at radius 1 is 1.50 bits per heavy atom. The van der Waals surface area contributed by atoms with Crippen molar-refractivity contribution in [2.75, 3.05) is 25.9 Å². The van der Waals surface area contributed by atoms with Crippen LogP contribution in [0, 0.1) is 0 Å². The van der Waals surface area contributed by atoms with Crippen LogP contribution in [-0.4, -0.2) is 41.1 Å². The molecule has 1 atom stereocenters. The lowest BCUT2D eigenvalue weighted by molar-refractivity contribution is 0.227. The Labute approximate surface area is 108 Å². The maximum atomic E-state index is 5.81. The number of hydrogen-bond donors (Lipinski definition) is 1. The van der Waals surface area contributed by atoms with Crippen LogP contribution in [0.15, 0.2) is 6.33 Å². The molecular weight excluding hydrogens is 228 g/mol. The van der Waals surface area contributed by atoms with Gasteiger partial charge in [-0.15, -0.1) is 0 Å². The molecule has 0 saturated carbocycles. The number of hydrogen-bond acceptors (Lipinski definition) is 5. The van der Waals surface area contributed by atoms with Crippen LogP contribution < -0.4 is 10.5 Å². The molecule has 1 aliphatic heterocycles. The Morgan fingerprint density at radius 3 is 3.00 bits per heavy atom. The van der Waals surface area contributed by atoms with Crippen LogP contribution in [0.5, 0.6) is 5.88 Å². The van der Waals surface area contributed by atoms with E-state index in [1.165, 1.54) is 25.7 Å². The zero-order valence-electron chi connectivity index (χ0n) is 11.2. The van der Waals surface area contributed by atoms with E-state index in [2.05, 4.69) is 21.9 Å². The molecule has 0 aliphatic carbocycles. The molecule has 0 amide bonds. The van der Waals surface area contributed by atoms with Gasteiger partial charge in [0.1, 0.15) is 12.1 Å². The molecule has 100 valence electrons. The van der Waals surface area contributed by atoms with Gasteiger partial charge in [0.05, 0.1) is 12.2 Å². The topological polar surface area (TPSA) is 64.3 Å². The smallest absolute Gasteiger partial charge is 0.221 e. The molecule has 0 spiro atoms. The van der Waals surface area contributed by atoms with Crippen LogP contribution in [0.3, 0.4) is 0 Å². The van der Waals surface area contributed by atoms with E-state index in [9.17, 15) is 0 Å². The minimum atomic E-state index is 0.528. The van der Waals surface area contributed by atoms with Gasteiger partial charge in [-0.25, -0.2) is 9.97 Å². The van der Waals surface area contributed by atoms with E-state index in [0.717, 1.165) is 18.4 Å². The molecule has 5 nitrogen and oxygen atoms in total. The highest BCUT2D eigenvalue weighted by molar-refractivity contribution is 5.44. The minimum Gasteiger partial charge on any atom is -0.477 e. The first kappa shape index (κ1) is 13.1. The fourth-order valence-corrected chi connectivity index (χ4v) is 2.50. The average molecular weight is 250 g/mol. The van der Waals surface area contributed by atoms with Gasteiger partial charge in [-0.1, -0.05) is 6.92 Å². The van der Waals surface area contributed by atoms with Gasteiger partial charge in [0, 0.05) is 6.04 Å². The number of rotatable bonds is 5. The van der Waals surface area contributed by atoms with Crippen LogP contribution >= 0.6 is 0 Å². The van der Waals surface area contributed by atoms with Crippen molar-refractivity contribution < 1.29 is 4.74 Å². The third kappa shape index (κ3) is 2.90. The van der Waals surface area contributed by atoms with Crippen molar-refractivity contribution in [3.05, 3.63) is 11.9 Å². The summed E-state index contributed by atoms with van der Waals surface area (Å²) in [6.07, 6.45) is 5.87. The summed E-state index contributed by atoms with van der Waals surface area (Å²) in [5, 5.41) is 0. The number of anilines is 1. The Balaban J connectivity index is 1.88. The molecule has 0 aromatic carbocycles. The molecule has 2 N–H and O–H groups in total. The van der Waals surface area contributed by atoms with Crippen LogP contribution in [0.2, 0.25) is 0 Å². The molecule has 0 bridgehead atoms. The van der Waals surface area contributed by atoms with Gasteiger partial charge in [-0.05, 0) is 39.3 Å². The number of nitrogens with zero attached hydrogens (tertiary/aromatic N) is 3. The number of ether oxygens (including phenoxy) is 1. The molecule has 0 radical (unpaired) electrons. The van der Waals surface area contributed by atoms with E-state index >= 15 is 0 Å². The van der Waals surface area contributed by atoms with E-state index < -0.39 is 0 Å². The van der Waals surface area contributed by atoms with Gasteiger partial charge in [-0.3, -0.25) is 0 Å². The monoisotopic (exact) mass is 250 g/mol. The van der Waals surface area contributed by atoms with Crippen LogP contribution in [-0.2, 0) is 6.42 Å². The Kier molecular flexibility index (Phi) is 4.36. The summed E-state index contributed by atoms with van der Waals surface area (Å²) < 4.78 is 5.76. The van der Waals surface area contributed by atoms with Crippen molar-refractivity contribution in [3.63, 3.8) is 0 Å². The van der Waals surface area contributed by atoms with Crippen LogP contribution in [0.1, 0.15) is 31.7 Å². The van der Waals surface area contributed by atoms with Crippen molar-refractivity contribution in [2.24, 2.45) is 0 Å². The second-order valence-electron chi connectivity index (χ2n) is 4.81. The van der Waals surface area contributed by atoms with E-state index in [1.807, 2.05) is 6.92 Å². The van der Waals surface area contributed by atoms with Crippen molar-refractivity contribution in [1.29, 1.82) is 0 Å². The number of aromatic nitrogens is 2. The third-order valence-corrected chi connectivity index (χ3v) is 3.65. The lowest BCUT2D eigenvalue weighted by Crippen LogP contribution is -2.26. The quantitative estimate of drug-likeness (QED) is 0.857. The first-order valence-corrected chi connectivity index (χ1v) is 6.64. The fourth-order valence-electron chi connectivity index (χ4n) is 2.50. The summed E-state index contributed by atoms with van der Waals surface area (Å²) in [6, 6.07) is 0.647. The van der Waals surface area contributed by atoms with Gasteiger partial charge in [0.2, 0.25) is 5.88 Å². The third-order valence-electron chi connectivity index (χ3n) is 3.65. The second kappa shape index (κ2) is 6.00. The standard InChI is InChI=1S/C13H22N4O/c1-3-11-12(14)15-9-16-13(11)18-8-6-10-5-4-7-17(10)2/h9-10H,3-8H2,1-2H3,(H2,14,15,16). The molecule has 1 aromatic rings. The molecular formula is C13H22N4O. The van der Waals surface area contributed by atoms with Gasteiger partial charge in [0.25, 0.3) is 0 Å². The van der Waals surface area contributed by atoms with Crippen molar-refractivity contribution in [3.8, 4) is 5.88 Å². The van der Waals surface area contributed by atoms with Gasteiger partial charge in [-0.2, -0.15) is 0 Å². The first-order chi connectivity index (χ1) is 8.72. The molecule has 2 heterocycles. The summed E-state index contributed by atoms with van der Waals surface area (Å²) in [7, 11) is 2.18. The van der Waals surface area contributed by atoms with Gasteiger partial charge in [0.15, 0.2) is 0 Å². The van der Waals surface area contributed by atoms with Crippen molar-refractivity contribution in [1.82, 2.24) is 14.9 Å². The molecule has 1 fully saturated rings. The van der Waals surface area contributed by atoms with E-state index in [0.29, 0.717) is 24.3 Å². The van der Waals surface area contributed by atoms with Crippen LogP contribution in [0.4, 0.5) is 5.82 Å². The van der Waals surface area contributed by atoms with E-state index in [4.69, 9.17) is 10.5 Å². The van der Waals surface area contributed by atoms with Gasteiger partial charge >= 0.3 is 0 Å².